The molecule has 0 saturated carbocycles. The van der Waals surface area contributed by atoms with Crippen molar-refractivity contribution in [1.82, 2.24) is 0 Å². The van der Waals surface area contributed by atoms with Crippen molar-refractivity contribution in [1.29, 1.82) is 0 Å². The summed E-state index contributed by atoms with van der Waals surface area (Å²) in [4.78, 5) is 12.3. The van der Waals surface area contributed by atoms with Crippen LogP contribution < -0.4 is 5.43 Å². The van der Waals surface area contributed by atoms with Gasteiger partial charge in [-0.05, 0) is 36.8 Å². The fraction of sp³-hybridized carbons (Fsp3) is 0.250. The number of benzene rings is 1. The van der Waals surface area contributed by atoms with Gasteiger partial charge in [-0.15, -0.1) is 23.1 Å². The molecule has 0 atom stereocenters. The van der Waals surface area contributed by atoms with Gasteiger partial charge in [-0.25, -0.2) is 0 Å². The Morgan fingerprint density at radius 1 is 1.31 bits per heavy atom. The van der Waals surface area contributed by atoms with Gasteiger partial charge in [0.25, 0.3) is 0 Å². The summed E-state index contributed by atoms with van der Waals surface area (Å²) in [6.45, 7) is 0. The summed E-state index contributed by atoms with van der Waals surface area (Å²) in [6, 6.07) is 5.58. The maximum atomic E-state index is 12.3. The molecule has 0 N–H and O–H groups in total. The van der Waals surface area contributed by atoms with Crippen molar-refractivity contribution in [3.63, 3.8) is 0 Å². The minimum atomic E-state index is 0.179. The molecular weight excluding hydrogens is 260 g/mol. The van der Waals surface area contributed by atoms with Crippen LogP contribution in [0.4, 0.5) is 0 Å². The molecule has 1 aromatic carbocycles. The molecule has 1 aliphatic heterocycles. The fourth-order valence-corrected chi connectivity index (χ4v) is 4.62. The quantitative estimate of drug-likeness (QED) is 0.720. The third kappa shape index (κ3) is 1.67. The van der Waals surface area contributed by atoms with Crippen LogP contribution in [0.5, 0.6) is 0 Å². The van der Waals surface area contributed by atoms with Gasteiger partial charge in [-0.2, -0.15) is 0 Å². The van der Waals surface area contributed by atoms with E-state index in [0.29, 0.717) is 5.02 Å². The first kappa shape index (κ1) is 10.6. The van der Waals surface area contributed by atoms with Gasteiger partial charge < -0.3 is 0 Å². The van der Waals surface area contributed by atoms with E-state index in [1.807, 2.05) is 23.9 Å². The molecule has 4 heteroatoms. The lowest BCUT2D eigenvalue weighted by Gasteiger charge is -2.14. The van der Waals surface area contributed by atoms with Crippen molar-refractivity contribution in [2.24, 2.45) is 0 Å². The standard InChI is InChI=1S/C12H9ClOS2/c13-7-3-4-10-9(6-7)11(14)8-2-1-5-15-12(8)16-10/h3-4,6H,1-2,5H2. The molecule has 0 aliphatic carbocycles. The Morgan fingerprint density at radius 2 is 2.19 bits per heavy atom. The van der Waals surface area contributed by atoms with Crippen LogP contribution in [-0.2, 0) is 6.42 Å². The maximum absolute atomic E-state index is 12.3. The molecule has 0 spiro atoms. The van der Waals surface area contributed by atoms with E-state index < -0.39 is 0 Å². The first-order chi connectivity index (χ1) is 7.75. The lowest BCUT2D eigenvalue weighted by Crippen LogP contribution is -2.13. The monoisotopic (exact) mass is 268 g/mol. The van der Waals surface area contributed by atoms with Crippen LogP contribution in [0.1, 0.15) is 12.0 Å². The Morgan fingerprint density at radius 3 is 3.06 bits per heavy atom. The van der Waals surface area contributed by atoms with Crippen LogP contribution in [0.15, 0.2) is 27.2 Å². The molecule has 2 heterocycles. The van der Waals surface area contributed by atoms with Crippen molar-refractivity contribution in [2.75, 3.05) is 5.75 Å². The second-order valence-corrected chi connectivity index (χ2v) is 6.64. The molecule has 16 heavy (non-hydrogen) atoms. The van der Waals surface area contributed by atoms with Crippen LogP contribution in [-0.4, -0.2) is 5.75 Å². The van der Waals surface area contributed by atoms with Gasteiger partial charge in [0.15, 0.2) is 5.43 Å². The summed E-state index contributed by atoms with van der Waals surface area (Å²) in [5, 5.41) is 1.42. The second-order valence-electron chi connectivity index (χ2n) is 3.79. The minimum Gasteiger partial charge on any atom is -0.289 e. The fourth-order valence-electron chi connectivity index (χ4n) is 1.93. The van der Waals surface area contributed by atoms with Crippen LogP contribution in [0.3, 0.4) is 0 Å². The zero-order valence-corrected chi connectivity index (χ0v) is 10.8. The molecule has 2 aromatic rings. The van der Waals surface area contributed by atoms with Crippen molar-refractivity contribution in [2.45, 2.75) is 17.1 Å². The topological polar surface area (TPSA) is 17.1 Å². The van der Waals surface area contributed by atoms with E-state index in [1.165, 1.54) is 4.21 Å². The Balaban J connectivity index is 2.40. The summed E-state index contributed by atoms with van der Waals surface area (Å²) in [6.07, 6.45) is 2.02. The molecule has 82 valence electrons. The average Bonchev–Trinajstić information content (AvgIpc) is 2.31. The van der Waals surface area contributed by atoms with E-state index in [4.69, 9.17) is 11.6 Å². The van der Waals surface area contributed by atoms with Crippen molar-refractivity contribution in [3.8, 4) is 0 Å². The van der Waals surface area contributed by atoms with E-state index in [1.54, 1.807) is 17.4 Å². The SMILES string of the molecule is O=c1c2c(sc3ccc(Cl)cc13)SCCC2. The number of halogens is 1. The number of fused-ring (bicyclic) bond motifs is 2. The van der Waals surface area contributed by atoms with E-state index >= 15 is 0 Å². The summed E-state index contributed by atoms with van der Waals surface area (Å²) in [7, 11) is 0. The Kier molecular flexibility index (Phi) is 2.70. The van der Waals surface area contributed by atoms with Gasteiger partial charge in [0.05, 0.1) is 4.21 Å². The molecule has 0 radical (unpaired) electrons. The zero-order valence-electron chi connectivity index (χ0n) is 8.46. The zero-order chi connectivity index (χ0) is 11.1. The lowest BCUT2D eigenvalue weighted by molar-refractivity contribution is 0.895. The molecule has 0 saturated heterocycles. The second kappa shape index (κ2) is 4.06. The van der Waals surface area contributed by atoms with Gasteiger partial charge in [-0.3, -0.25) is 4.79 Å². The van der Waals surface area contributed by atoms with Crippen LogP contribution in [0.2, 0.25) is 5.02 Å². The molecule has 1 aliphatic rings. The third-order valence-electron chi connectivity index (χ3n) is 2.71. The molecule has 1 nitrogen and oxygen atoms in total. The van der Waals surface area contributed by atoms with Crippen LogP contribution in [0, 0.1) is 0 Å². The lowest BCUT2D eigenvalue weighted by atomic mass is 10.1. The summed E-state index contributed by atoms with van der Waals surface area (Å²) in [5.41, 5.74) is 1.18. The van der Waals surface area contributed by atoms with E-state index in [2.05, 4.69) is 0 Å². The molecule has 3 rings (SSSR count). The highest BCUT2D eigenvalue weighted by Crippen LogP contribution is 2.35. The smallest absolute Gasteiger partial charge is 0.192 e. The van der Waals surface area contributed by atoms with Crippen molar-refractivity contribution in [3.05, 3.63) is 39.0 Å². The molecule has 0 unspecified atom stereocenters. The normalized spacial score (nSPS) is 15.1. The third-order valence-corrected chi connectivity index (χ3v) is 5.56. The number of rotatable bonds is 0. The molecule has 0 bridgehead atoms. The highest BCUT2D eigenvalue weighted by molar-refractivity contribution is 8.01. The van der Waals surface area contributed by atoms with Gasteiger partial charge in [0.1, 0.15) is 0 Å². The van der Waals surface area contributed by atoms with Crippen molar-refractivity contribution < 1.29 is 0 Å². The highest BCUT2D eigenvalue weighted by Gasteiger charge is 2.16. The summed E-state index contributed by atoms with van der Waals surface area (Å²) >= 11 is 9.46. The van der Waals surface area contributed by atoms with E-state index in [9.17, 15) is 4.79 Å². The first-order valence-corrected chi connectivity index (χ1v) is 7.32. The maximum Gasteiger partial charge on any atom is 0.192 e. The predicted octanol–water partition coefficient (Wildman–Crippen LogP) is 3.95. The summed E-state index contributed by atoms with van der Waals surface area (Å²) < 4.78 is 2.24. The number of thioether (sulfide) groups is 1. The Bertz CT molecular complexity index is 618. The molecule has 0 fully saturated rings. The average molecular weight is 269 g/mol. The minimum absolute atomic E-state index is 0.179. The van der Waals surface area contributed by atoms with Gasteiger partial charge in [-0.1, -0.05) is 11.6 Å². The van der Waals surface area contributed by atoms with Gasteiger partial charge >= 0.3 is 0 Å². The summed E-state index contributed by atoms with van der Waals surface area (Å²) in [5.74, 6) is 1.13. The molecule has 0 amide bonds. The predicted molar refractivity (Wildman–Crippen MR) is 72.2 cm³/mol. The number of hydrogen-bond acceptors (Lipinski definition) is 3. The largest absolute Gasteiger partial charge is 0.289 e. The van der Waals surface area contributed by atoms with E-state index in [0.717, 1.165) is 34.2 Å². The molecular formula is C12H9ClOS2. The van der Waals surface area contributed by atoms with E-state index in [-0.39, 0.29) is 5.43 Å². The highest BCUT2D eigenvalue weighted by atomic mass is 35.5. The number of hydrogen-bond donors (Lipinski definition) is 0. The Hall–Kier alpha value is -0.510. The van der Waals surface area contributed by atoms with Gasteiger partial charge in [0, 0.05) is 20.7 Å². The Labute approximate surface area is 106 Å². The van der Waals surface area contributed by atoms with Crippen LogP contribution >= 0.6 is 34.7 Å². The van der Waals surface area contributed by atoms with Crippen molar-refractivity contribution >= 4 is 44.8 Å². The molecule has 1 aromatic heterocycles. The van der Waals surface area contributed by atoms with Crippen LogP contribution in [0.25, 0.3) is 10.1 Å². The first-order valence-electron chi connectivity index (χ1n) is 5.14. The van der Waals surface area contributed by atoms with Gasteiger partial charge in [0.2, 0.25) is 0 Å².